The third-order valence-corrected chi connectivity index (χ3v) is 3.29. The van der Waals surface area contributed by atoms with E-state index < -0.39 is 0 Å². The first-order valence-electron chi connectivity index (χ1n) is 7.71. The second kappa shape index (κ2) is 9.73. The molecule has 0 aliphatic carbocycles. The zero-order chi connectivity index (χ0) is 15.5. The number of benzene rings is 1. The van der Waals surface area contributed by atoms with E-state index in [9.17, 15) is 0 Å². The fourth-order valence-electron chi connectivity index (χ4n) is 2.14. The predicted molar refractivity (Wildman–Crippen MR) is 90.3 cm³/mol. The third-order valence-electron chi connectivity index (χ3n) is 3.29. The highest BCUT2D eigenvalue weighted by Crippen LogP contribution is 2.09. The van der Waals surface area contributed by atoms with Gasteiger partial charge in [0.15, 0.2) is 0 Å². The smallest absolute Gasteiger partial charge is 0.131 e. The van der Waals surface area contributed by atoms with Crippen molar-refractivity contribution in [2.75, 3.05) is 37.4 Å². The van der Waals surface area contributed by atoms with Crippen molar-refractivity contribution in [1.82, 2.24) is 9.97 Å². The van der Waals surface area contributed by atoms with Gasteiger partial charge in [0.2, 0.25) is 0 Å². The highest BCUT2D eigenvalue weighted by molar-refractivity contribution is 5.46. The van der Waals surface area contributed by atoms with Crippen molar-refractivity contribution in [1.29, 1.82) is 0 Å². The van der Waals surface area contributed by atoms with Gasteiger partial charge in [0.25, 0.3) is 0 Å². The normalized spacial score (nSPS) is 10.4. The molecule has 0 amide bonds. The highest BCUT2D eigenvalue weighted by Gasteiger charge is 1.98. The van der Waals surface area contributed by atoms with Gasteiger partial charge in [-0.05, 0) is 24.8 Å². The van der Waals surface area contributed by atoms with Gasteiger partial charge in [-0.2, -0.15) is 0 Å². The van der Waals surface area contributed by atoms with Crippen molar-refractivity contribution in [3.8, 4) is 0 Å². The van der Waals surface area contributed by atoms with Crippen LogP contribution < -0.4 is 10.6 Å². The van der Waals surface area contributed by atoms with Crippen LogP contribution in [-0.4, -0.2) is 36.8 Å². The molecule has 2 aromatic rings. The van der Waals surface area contributed by atoms with Crippen LogP contribution in [-0.2, 0) is 11.2 Å². The van der Waals surface area contributed by atoms with E-state index in [1.165, 1.54) is 5.56 Å². The number of hydrogen-bond donors (Lipinski definition) is 2. The number of rotatable bonds is 10. The lowest BCUT2D eigenvalue weighted by Crippen LogP contribution is -2.08. The molecule has 5 heteroatoms. The zero-order valence-corrected chi connectivity index (χ0v) is 13.1. The SMILES string of the molecule is COCCCNc1cc(NCCCc2ccccc2)ncn1. The molecule has 118 valence electrons. The first-order chi connectivity index (χ1) is 10.9. The summed E-state index contributed by atoms with van der Waals surface area (Å²) < 4.78 is 5.02. The van der Waals surface area contributed by atoms with Gasteiger partial charge < -0.3 is 15.4 Å². The maximum absolute atomic E-state index is 5.02. The number of aromatic nitrogens is 2. The van der Waals surface area contributed by atoms with Gasteiger partial charge in [-0.15, -0.1) is 0 Å². The molecule has 22 heavy (non-hydrogen) atoms. The third kappa shape index (κ3) is 6.10. The van der Waals surface area contributed by atoms with E-state index in [2.05, 4.69) is 44.9 Å². The Hall–Kier alpha value is -2.14. The second-order valence-electron chi connectivity index (χ2n) is 5.08. The average Bonchev–Trinajstić information content (AvgIpc) is 2.57. The molecule has 1 aromatic carbocycles. The Kier molecular flexibility index (Phi) is 7.18. The van der Waals surface area contributed by atoms with Crippen LogP contribution in [0.3, 0.4) is 0 Å². The van der Waals surface area contributed by atoms with Crippen LogP contribution in [0.1, 0.15) is 18.4 Å². The van der Waals surface area contributed by atoms with Crippen molar-refractivity contribution in [2.24, 2.45) is 0 Å². The van der Waals surface area contributed by atoms with Crippen molar-refractivity contribution < 1.29 is 4.74 Å². The van der Waals surface area contributed by atoms with Crippen LogP contribution >= 0.6 is 0 Å². The van der Waals surface area contributed by atoms with E-state index in [1.54, 1.807) is 13.4 Å². The summed E-state index contributed by atoms with van der Waals surface area (Å²) in [4.78, 5) is 8.45. The molecule has 0 fully saturated rings. The van der Waals surface area contributed by atoms with Crippen LogP contribution in [0.4, 0.5) is 11.6 Å². The van der Waals surface area contributed by atoms with E-state index in [0.29, 0.717) is 0 Å². The molecule has 0 aliphatic heterocycles. The Morgan fingerprint density at radius 3 is 2.32 bits per heavy atom. The molecule has 0 bridgehead atoms. The Morgan fingerprint density at radius 1 is 0.955 bits per heavy atom. The molecule has 0 radical (unpaired) electrons. The molecule has 0 saturated carbocycles. The lowest BCUT2D eigenvalue weighted by atomic mass is 10.1. The largest absolute Gasteiger partial charge is 0.385 e. The monoisotopic (exact) mass is 300 g/mol. The fourth-order valence-corrected chi connectivity index (χ4v) is 2.14. The summed E-state index contributed by atoms with van der Waals surface area (Å²) in [6, 6.07) is 12.5. The number of ether oxygens (including phenoxy) is 1. The van der Waals surface area contributed by atoms with Gasteiger partial charge in [-0.3, -0.25) is 0 Å². The van der Waals surface area contributed by atoms with Crippen molar-refractivity contribution >= 4 is 11.6 Å². The summed E-state index contributed by atoms with van der Waals surface area (Å²) in [6.07, 6.45) is 4.68. The van der Waals surface area contributed by atoms with Gasteiger partial charge in [0.05, 0.1) is 0 Å². The molecule has 0 aliphatic rings. The number of hydrogen-bond acceptors (Lipinski definition) is 5. The van der Waals surface area contributed by atoms with Crippen LogP contribution in [0.25, 0.3) is 0 Å². The van der Waals surface area contributed by atoms with Crippen LogP contribution in [0, 0.1) is 0 Å². The number of nitrogens with zero attached hydrogens (tertiary/aromatic N) is 2. The molecule has 0 saturated heterocycles. The number of methoxy groups -OCH3 is 1. The van der Waals surface area contributed by atoms with Crippen molar-refractivity contribution in [3.63, 3.8) is 0 Å². The molecule has 0 atom stereocenters. The van der Waals surface area contributed by atoms with E-state index in [0.717, 1.165) is 50.6 Å². The minimum Gasteiger partial charge on any atom is -0.385 e. The fraction of sp³-hybridized carbons (Fsp3) is 0.412. The second-order valence-corrected chi connectivity index (χ2v) is 5.08. The predicted octanol–water partition coefficient (Wildman–Crippen LogP) is 2.97. The molecular formula is C17H24N4O. The first-order valence-corrected chi connectivity index (χ1v) is 7.71. The van der Waals surface area contributed by atoms with Gasteiger partial charge in [-0.25, -0.2) is 9.97 Å². The Labute approximate surface area is 132 Å². The van der Waals surface area contributed by atoms with Crippen LogP contribution in [0.15, 0.2) is 42.7 Å². The van der Waals surface area contributed by atoms with E-state index in [1.807, 2.05) is 12.1 Å². The minimum absolute atomic E-state index is 0.753. The lowest BCUT2D eigenvalue weighted by molar-refractivity contribution is 0.198. The minimum atomic E-state index is 0.753. The summed E-state index contributed by atoms with van der Waals surface area (Å²) in [5.74, 6) is 1.70. The van der Waals surface area contributed by atoms with E-state index in [4.69, 9.17) is 4.74 Å². The van der Waals surface area contributed by atoms with Crippen LogP contribution in [0.2, 0.25) is 0 Å². The molecule has 5 nitrogen and oxygen atoms in total. The molecule has 2 rings (SSSR count). The van der Waals surface area contributed by atoms with Gasteiger partial charge in [-0.1, -0.05) is 30.3 Å². The van der Waals surface area contributed by atoms with E-state index in [-0.39, 0.29) is 0 Å². The van der Waals surface area contributed by atoms with Gasteiger partial charge >= 0.3 is 0 Å². The Bertz CT molecular complexity index is 533. The molecule has 0 spiro atoms. The molecule has 2 N–H and O–H groups in total. The van der Waals surface area contributed by atoms with Gasteiger partial charge in [0, 0.05) is 32.9 Å². The maximum atomic E-state index is 5.02. The van der Waals surface area contributed by atoms with Gasteiger partial charge in [0.1, 0.15) is 18.0 Å². The topological polar surface area (TPSA) is 59.1 Å². The summed E-state index contributed by atoms with van der Waals surface area (Å²) in [5.41, 5.74) is 1.37. The summed E-state index contributed by atoms with van der Waals surface area (Å²) >= 11 is 0. The van der Waals surface area contributed by atoms with Crippen molar-refractivity contribution in [2.45, 2.75) is 19.3 Å². The molecule has 0 unspecified atom stereocenters. The number of anilines is 2. The van der Waals surface area contributed by atoms with E-state index >= 15 is 0 Å². The quantitative estimate of drug-likeness (QED) is 0.661. The molecular weight excluding hydrogens is 276 g/mol. The summed E-state index contributed by atoms with van der Waals surface area (Å²) in [7, 11) is 1.71. The molecule has 1 aromatic heterocycles. The summed E-state index contributed by atoms with van der Waals surface area (Å²) in [5, 5.41) is 6.61. The van der Waals surface area contributed by atoms with Crippen LogP contribution in [0.5, 0.6) is 0 Å². The number of aryl methyl sites for hydroxylation is 1. The Balaban J connectivity index is 1.69. The highest BCUT2D eigenvalue weighted by atomic mass is 16.5. The standard InChI is InChI=1S/C17H24N4O/c1-22-12-6-11-19-17-13-16(20-14-21-17)18-10-5-9-15-7-3-2-4-8-15/h2-4,7-8,13-14H,5-6,9-12H2,1H3,(H2,18,19,20,21). The zero-order valence-electron chi connectivity index (χ0n) is 13.1. The maximum Gasteiger partial charge on any atom is 0.131 e. The Morgan fingerprint density at radius 2 is 1.64 bits per heavy atom. The first kappa shape index (κ1) is 16.2. The lowest BCUT2D eigenvalue weighted by Gasteiger charge is -2.08. The average molecular weight is 300 g/mol. The summed E-state index contributed by atoms with van der Waals surface area (Å²) in [6.45, 7) is 2.50. The molecule has 1 heterocycles. The van der Waals surface area contributed by atoms with Crippen molar-refractivity contribution in [3.05, 3.63) is 48.3 Å². The number of nitrogens with one attached hydrogen (secondary N) is 2.